The van der Waals surface area contributed by atoms with Crippen LogP contribution >= 0.6 is 0 Å². The number of para-hydroxylation sites is 1. The van der Waals surface area contributed by atoms with Crippen molar-refractivity contribution in [2.75, 3.05) is 10.6 Å². The molecule has 0 unspecified atom stereocenters. The van der Waals surface area contributed by atoms with Gasteiger partial charge in [-0.05, 0) is 37.1 Å². The Kier molecular flexibility index (Phi) is 4.01. The molecule has 1 aliphatic carbocycles. The highest BCUT2D eigenvalue weighted by atomic mass is 16.2. The van der Waals surface area contributed by atoms with E-state index in [1.165, 1.54) is 0 Å². The molecular formula is C17H16N4O. The fourth-order valence-corrected chi connectivity index (χ4v) is 2.29. The number of nitriles is 1. The second kappa shape index (κ2) is 6.27. The number of carbonyl (C=O) groups excluding carboxylic acids is 1. The Morgan fingerprint density at radius 2 is 2.05 bits per heavy atom. The first-order valence-electron chi connectivity index (χ1n) is 7.29. The summed E-state index contributed by atoms with van der Waals surface area (Å²) < 4.78 is 0. The molecule has 5 heteroatoms. The number of nitrogens with zero attached hydrogens (tertiary/aromatic N) is 2. The lowest BCUT2D eigenvalue weighted by Gasteiger charge is -2.23. The van der Waals surface area contributed by atoms with Crippen molar-refractivity contribution in [2.24, 2.45) is 5.92 Å². The Morgan fingerprint density at radius 3 is 2.68 bits per heavy atom. The van der Waals surface area contributed by atoms with Gasteiger partial charge >= 0.3 is 0 Å². The summed E-state index contributed by atoms with van der Waals surface area (Å²) in [6.07, 6.45) is 4.71. The number of hydrogen-bond acceptors (Lipinski definition) is 4. The lowest BCUT2D eigenvalue weighted by atomic mass is 9.85. The molecule has 1 aromatic heterocycles. The van der Waals surface area contributed by atoms with Crippen LogP contribution in [0.25, 0.3) is 0 Å². The molecule has 0 saturated heterocycles. The summed E-state index contributed by atoms with van der Waals surface area (Å²) in [4.78, 5) is 16.1. The van der Waals surface area contributed by atoms with Crippen molar-refractivity contribution >= 4 is 23.1 Å². The molecule has 0 spiro atoms. The summed E-state index contributed by atoms with van der Waals surface area (Å²) in [7, 11) is 0. The number of hydrogen-bond donors (Lipinski definition) is 2. The summed E-state index contributed by atoms with van der Waals surface area (Å²) in [5, 5.41) is 15.0. The van der Waals surface area contributed by atoms with Crippen LogP contribution in [0, 0.1) is 17.2 Å². The van der Waals surface area contributed by atoms with Crippen molar-refractivity contribution < 1.29 is 4.79 Å². The van der Waals surface area contributed by atoms with Crippen LogP contribution in [0.5, 0.6) is 0 Å². The van der Waals surface area contributed by atoms with Crippen molar-refractivity contribution in [3.05, 3.63) is 48.2 Å². The third kappa shape index (κ3) is 3.07. The van der Waals surface area contributed by atoms with Crippen LogP contribution in [0.4, 0.5) is 17.2 Å². The van der Waals surface area contributed by atoms with Gasteiger partial charge in [-0.15, -0.1) is 0 Å². The number of aromatic nitrogens is 1. The standard InChI is InChI=1S/C17H16N4O/c18-10-13-4-1-2-7-15(13)20-14-8-9-16(19-11-14)21-17(22)12-5-3-6-12/h1-2,4,7-9,11-12,20H,3,5-6H2,(H,19,21,22). The predicted molar refractivity (Wildman–Crippen MR) is 84.6 cm³/mol. The molecule has 110 valence electrons. The van der Waals surface area contributed by atoms with Gasteiger partial charge in [-0.25, -0.2) is 4.98 Å². The van der Waals surface area contributed by atoms with Crippen LogP contribution in [-0.4, -0.2) is 10.9 Å². The van der Waals surface area contributed by atoms with Crippen molar-refractivity contribution in [1.29, 1.82) is 5.26 Å². The van der Waals surface area contributed by atoms with E-state index in [1.54, 1.807) is 18.3 Å². The molecule has 0 atom stereocenters. The number of amides is 1. The van der Waals surface area contributed by atoms with E-state index in [2.05, 4.69) is 21.7 Å². The zero-order valence-corrected chi connectivity index (χ0v) is 12.0. The number of nitrogens with one attached hydrogen (secondary N) is 2. The van der Waals surface area contributed by atoms with Crippen molar-refractivity contribution in [2.45, 2.75) is 19.3 Å². The smallest absolute Gasteiger partial charge is 0.228 e. The quantitative estimate of drug-likeness (QED) is 0.905. The van der Waals surface area contributed by atoms with Crippen LogP contribution in [-0.2, 0) is 4.79 Å². The first-order chi connectivity index (χ1) is 10.8. The summed E-state index contributed by atoms with van der Waals surface area (Å²) >= 11 is 0. The van der Waals surface area contributed by atoms with Crippen LogP contribution in [0.1, 0.15) is 24.8 Å². The summed E-state index contributed by atoms with van der Waals surface area (Å²) in [5.41, 5.74) is 2.08. The van der Waals surface area contributed by atoms with E-state index >= 15 is 0 Å². The maximum Gasteiger partial charge on any atom is 0.228 e. The van der Waals surface area contributed by atoms with Gasteiger partial charge in [0.15, 0.2) is 0 Å². The molecule has 3 rings (SSSR count). The van der Waals surface area contributed by atoms with E-state index in [0.717, 1.165) is 30.6 Å². The molecular weight excluding hydrogens is 276 g/mol. The Hall–Kier alpha value is -2.87. The average molecular weight is 292 g/mol. The maximum absolute atomic E-state index is 11.9. The molecule has 1 fully saturated rings. The summed E-state index contributed by atoms with van der Waals surface area (Å²) in [5.74, 6) is 0.743. The van der Waals surface area contributed by atoms with E-state index in [4.69, 9.17) is 5.26 Å². The molecule has 1 heterocycles. The molecule has 5 nitrogen and oxygen atoms in total. The number of pyridine rings is 1. The normalized spacial score (nSPS) is 13.8. The fourth-order valence-electron chi connectivity index (χ4n) is 2.29. The van der Waals surface area contributed by atoms with E-state index in [1.807, 2.05) is 24.3 Å². The van der Waals surface area contributed by atoms with Crippen molar-refractivity contribution in [3.8, 4) is 6.07 Å². The molecule has 1 amide bonds. The number of anilines is 3. The highest BCUT2D eigenvalue weighted by Gasteiger charge is 2.25. The van der Waals surface area contributed by atoms with E-state index in [9.17, 15) is 4.79 Å². The Bertz CT molecular complexity index is 714. The molecule has 22 heavy (non-hydrogen) atoms. The zero-order chi connectivity index (χ0) is 15.4. The van der Waals surface area contributed by atoms with Gasteiger partial charge < -0.3 is 10.6 Å². The first-order valence-corrected chi connectivity index (χ1v) is 7.29. The predicted octanol–water partition coefficient (Wildman–Crippen LogP) is 3.44. The number of benzene rings is 1. The largest absolute Gasteiger partial charge is 0.353 e. The van der Waals surface area contributed by atoms with Gasteiger partial charge in [0, 0.05) is 5.92 Å². The van der Waals surface area contributed by atoms with E-state index in [-0.39, 0.29) is 11.8 Å². The van der Waals surface area contributed by atoms with Gasteiger partial charge in [-0.3, -0.25) is 4.79 Å². The minimum Gasteiger partial charge on any atom is -0.353 e. The molecule has 1 aromatic carbocycles. The molecule has 0 bridgehead atoms. The molecule has 1 saturated carbocycles. The van der Waals surface area contributed by atoms with Crippen molar-refractivity contribution in [3.63, 3.8) is 0 Å². The maximum atomic E-state index is 11.9. The van der Waals surface area contributed by atoms with Crippen molar-refractivity contribution in [1.82, 2.24) is 4.98 Å². The van der Waals surface area contributed by atoms with Crippen LogP contribution in [0.15, 0.2) is 42.6 Å². The Labute approximate surface area is 129 Å². The van der Waals surface area contributed by atoms with Gasteiger partial charge in [0.25, 0.3) is 0 Å². The molecule has 0 radical (unpaired) electrons. The average Bonchev–Trinajstić information content (AvgIpc) is 2.48. The third-order valence-corrected chi connectivity index (χ3v) is 3.82. The highest BCUT2D eigenvalue weighted by molar-refractivity contribution is 5.92. The van der Waals surface area contributed by atoms with E-state index < -0.39 is 0 Å². The number of carbonyl (C=O) groups is 1. The molecule has 2 aromatic rings. The van der Waals surface area contributed by atoms with Crippen LogP contribution in [0.3, 0.4) is 0 Å². The topological polar surface area (TPSA) is 77.8 Å². The molecule has 0 aliphatic heterocycles. The minimum absolute atomic E-state index is 0.0503. The van der Waals surface area contributed by atoms with E-state index in [0.29, 0.717) is 11.4 Å². The van der Waals surface area contributed by atoms with Gasteiger partial charge in [-0.1, -0.05) is 18.6 Å². The first kappa shape index (κ1) is 14.1. The summed E-state index contributed by atoms with van der Waals surface area (Å²) in [6, 6.07) is 13.0. The van der Waals surface area contributed by atoms with Crippen LogP contribution in [0.2, 0.25) is 0 Å². The lowest BCUT2D eigenvalue weighted by Crippen LogP contribution is -2.28. The lowest BCUT2D eigenvalue weighted by molar-refractivity contribution is -0.122. The fraction of sp³-hybridized carbons (Fsp3) is 0.235. The second-order valence-electron chi connectivity index (χ2n) is 5.33. The SMILES string of the molecule is N#Cc1ccccc1Nc1ccc(NC(=O)C2CCC2)nc1. The van der Waals surface area contributed by atoms with Gasteiger partial charge in [-0.2, -0.15) is 5.26 Å². The molecule has 1 aliphatic rings. The minimum atomic E-state index is 0.0503. The monoisotopic (exact) mass is 292 g/mol. The third-order valence-electron chi connectivity index (χ3n) is 3.82. The Balaban J connectivity index is 1.66. The zero-order valence-electron chi connectivity index (χ0n) is 12.0. The van der Waals surface area contributed by atoms with Gasteiger partial charge in [0.05, 0.1) is 23.1 Å². The molecule has 2 N–H and O–H groups in total. The second-order valence-corrected chi connectivity index (χ2v) is 5.33. The Morgan fingerprint density at radius 1 is 1.23 bits per heavy atom. The van der Waals surface area contributed by atoms with Crippen LogP contribution < -0.4 is 10.6 Å². The number of rotatable bonds is 4. The van der Waals surface area contributed by atoms with Gasteiger partial charge in [0.2, 0.25) is 5.91 Å². The summed E-state index contributed by atoms with van der Waals surface area (Å²) in [6.45, 7) is 0. The highest BCUT2D eigenvalue weighted by Crippen LogP contribution is 2.27. The van der Waals surface area contributed by atoms with Gasteiger partial charge in [0.1, 0.15) is 11.9 Å².